The van der Waals surface area contributed by atoms with E-state index in [1.807, 2.05) is 0 Å². The fourth-order valence-electron chi connectivity index (χ4n) is 1.64. The summed E-state index contributed by atoms with van der Waals surface area (Å²) in [5.41, 5.74) is 5.35. The van der Waals surface area contributed by atoms with E-state index in [-0.39, 0.29) is 5.41 Å². The van der Waals surface area contributed by atoms with Gasteiger partial charge in [0, 0.05) is 6.54 Å². The Kier molecular flexibility index (Phi) is 4.57. The second kappa shape index (κ2) is 5.33. The van der Waals surface area contributed by atoms with Gasteiger partial charge in [0.25, 0.3) is 0 Å². The van der Waals surface area contributed by atoms with Crippen LogP contribution < -0.4 is 0 Å². The van der Waals surface area contributed by atoms with Crippen LogP contribution in [0.2, 0.25) is 0 Å². The van der Waals surface area contributed by atoms with Crippen LogP contribution in [0.1, 0.15) is 37.5 Å². The van der Waals surface area contributed by atoms with E-state index in [4.69, 9.17) is 0 Å². The number of halogens is 1. The molecule has 0 saturated carbocycles. The van der Waals surface area contributed by atoms with Crippen LogP contribution in [0.5, 0.6) is 0 Å². The van der Waals surface area contributed by atoms with E-state index >= 15 is 0 Å². The monoisotopic (exact) mass is 283 g/mol. The lowest BCUT2D eigenvalue weighted by Crippen LogP contribution is -2.17. The van der Waals surface area contributed by atoms with Crippen molar-refractivity contribution in [3.8, 4) is 0 Å². The van der Waals surface area contributed by atoms with E-state index in [1.54, 1.807) is 0 Å². The Balaban J connectivity index is 3.00. The topological polar surface area (TPSA) is 3.24 Å². The van der Waals surface area contributed by atoms with Gasteiger partial charge >= 0.3 is 0 Å². The quantitative estimate of drug-likeness (QED) is 0.597. The van der Waals surface area contributed by atoms with Crippen LogP contribution in [-0.2, 0) is 12.0 Å². The van der Waals surface area contributed by atoms with E-state index in [1.165, 1.54) is 16.7 Å². The average molecular weight is 284 g/mol. The molecule has 0 radical (unpaired) electrons. The molecule has 0 aromatic heterocycles. The molecule has 1 aromatic rings. The van der Waals surface area contributed by atoms with Gasteiger partial charge in [-0.25, -0.2) is 0 Å². The molecule has 16 heavy (non-hydrogen) atoms. The normalized spacial score (nSPS) is 12.2. The third-order valence-electron chi connectivity index (χ3n) is 2.86. The van der Waals surface area contributed by atoms with Crippen LogP contribution in [0.25, 0.3) is 0 Å². The van der Waals surface area contributed by atoms with E-state index in [0.29, 0.717) is 0 Å². The molecule has 0 fully saturated rings. The molecule has 0 N–H and O–H groups in total. The lowest BCUT2D eigenvalue weighted by atomic mass is 9.85. The molecule has 1 aromatic carbocycles. The summed E-state index contributed by atoms with van der Waals surface area (Å²) in [4.78, 5) is 2.26. The first-order valence-corrected chi connectivity index (χ1v) is 6.81. The molecule has 0 aliphatic heterocycles. The number of hydrogen-bond donors (Lipinski definition) is 0. The van der Waals surface area contributed by atoms with Crippen LogP contribution in [0.15, 0.2) is 18.2 Å². The van der Waals surface area contributed by atoms with Gasteiger partial charge in [0.2, 0.25) is 0 Å². The summed E-state index contributed by atoms with van der Waals surface area (Å²) >= 11 is 3.48. The van der Waals surface area contributed by atoms with Crippen molar-refractivity contribution in [1.82, 2.24) is 4.90 Å². The molecule has 0 heterocycles. The summed E-state index contributed by atoms with van der Waals surface area (Å²) in [6.07, 6.45) is 0. The highest BCUT2D eigenvalue weighted by Crippen LogP contribution is 2.25. The number of aryl methyl sites for hydroxylation is 1. The van der Waals surface area contributed by atoms with Gasteiger partial charge < -0.3 is 0 Å². The van der Waals surface area contributed by atoms with Crippen molar-refractivity contribution in [1.29, 1.82) is 0 Å². The third-order valence-corrected chi connectivity index (χ3v) is 3.72. The Morgan fingerprint density at radius 1 is 1.25 bits per heavy atom. The van der Waals surface area contributed by atoms with Gasteiger partial charge in [0.1, 0.15) is 0 Å². The highest BCUT2D eigenvalue weighted by atomic mass is 79.9. The van der Waals surface area contributed by atoms with Crippen molar-refractivity contribution in [2.24, 2.45) is 0 Å². The van der Waals surface area contributed by atoms with Gasteiger partial charge in [0.15, 0.2) is 0 Å². The van der Waals surface area contributed by atoms with Gasteiger partial charge in [-0.3, -0.25) is 4.90 Å². The van der Waals surface area contributed by atoms with Gasteiger partial charge in [-0.05, 0) is 36.1 Å². The Morgan fingerprint density at radius 3 is 2.38 bits per heavy atom. The minimum absolute atomic E-state index is 0.232. The van der Waals surface area contributed by atoms with Crippen LogP contribution in [0.4, 0.5) is 0 Å². The summed E-state index contributed by atoms with van der Waals surface area (Å²) in [6, 6.07) is 6.82. The van der Waals surface area contributed by atoms with Crippen LogP contribution in [0.3, 0.4) is 0 Å². The smallest absolute Gasteiger partial charge is 0.0542 e. The number of hydrogen-bond acceptors (Lipinski definition) is 1. The van der Waals surface area contributed by atoms with Crippen molar-refractivity contribution >= 4 is 15.9 Å². The minimum atomic E-state index is 0.232. The molecular formula is C14H22BrN. The molecule has 0 spiro atoms. The highest BCUT2D eigenvalue weighted by molar-refractivity contribution is 9.09. The number of alkyl halides is 1. The van der Waals surface area contributed by atoms with Crippen LogP contribution in [0, 0.1) is 6.92 Å². The van der Waals surface area contributed by atoms with Crippen molar-refractivity contribution in [3.63, 3.8) is 0 Å². The van der Waals surface area contributed by atoms with Crippen LogP contribution in [-0.4, -0.2) is 17.4 Å². The Labute approximate surface area is 108 Å². The van der Waals surface area contributed by atoms with E-state index in [2.05, 4.69) is 73.8 Å². The fourth-order valence-corrected chi connectivity index (χ4v) is 1.82. The Hall–Kier alpha value is -0.340. The predicted molar refractivity (Wildman–Crippen MR) is 75.1 cm³/mol. The molecule has 1 rings (SSSR count). The molecule has 0 bridgehead atoms. The van der Waals surface area contributed by atoms with E-state index < -0.39 is 0 Å². The second-order valence-electron chi connectivity index (χ2n) is 5.52. The molecule has 1 nitrogen and oxygen atoms in total. The molecule has 0 amide bonds. The first kappa shape index (κ1) is 13.7. The second-order valence-corrected chi connectivity index (χ2v) is 6.03. The zero-order valence-corrected chi connectivity index (χ0v) is 12.6. The fraction of sp³-hybridized carbons (Fsp3) is 0.571. The standard InChI is InChI=1S/C14H22BrN/c1-11-6-7-13(14(2,3)4)8-12(11)9-16(5)10-15/h6-8H,9-10H2,1-5H3. The zero-order valence-electron chi connectivity index (χ0n) is 11.0. The maximum atomic E-state index is 3.48. The number of rotatable bonds is 3. The first-order valence-electron chi connectivity index (χ1n) is 5.69. The molecule has 90 valence electrons. The SMILES string of the molecule is Cc1ccc(C(C)(C)C)cc1CN(C)CBr. The summed E-state index contributed by atoms with van der Waals surface area (Å²) < 4.78 is 0. The minimum Gasteiger partial charge on any atom is -0.292 e. The summed E-state index contributed by atoms with van der Waals surface area (Å²) in [5.74, 6) is 0. The summed E-state index contributed by atoms with van der Waals surface area (Å²) in [7, 11) is 2.12. The number of benzene rings is 1. The zero-order chi connectivity index (χ0) is 12.3. The van der Waals surface area contributed by atoms with Gasteiger partial charge in [0.05, 0.1) is 5.45 Å². The molecule has 0 unspecified atom stereocenters. The number of nitrogens with zero attached hydrogens (tertiary/aromatic N) is 1. The predicted octanol–water partition coefficient (Wildman–Crippen LogP) is 4.08. The van der Waals surface area contributed by atoms with Gasteiger partial charge in [-0.2, -0.15) is 0 Å². The van der Waals surface area contributed by atoms with Crippen molar-refractivity contribution in [2.45, 2.75) is 39.7 Å². The highest BCUT2D eigenvalue weighted by Gasteiger charge is 2.14. The molecule has 0 atom stereocenters. The lowest BCUT2D eigenvalue weighted by molar-refractivity contribution is 0.388. The van der Waals surface area contributed by atoms with Crippen molar-refractivity contribution < 1.29 is 0 Å². The lowest BCUT2D eigenvalue weighted by Gasteiger charge is -2.22. The largest absolute Gasteiger partial charge is 0.292 e. The maximum Gasteiger partial charge on any atom is 0.0542 e. The Bertz CT molecular complexity index is 352. The van der Waals surface area contributed by atoms with Crippen molar-refractivity contribution in [3.05, 3.63) is 34.9 Å². The van der Waals surface area contributed by atoms with Crippen LogP contribution >= 0.6 is 15.9 Å². The molecule has 0 saturated heterocycles. The molecule has 0 aliphatic carbocycles. The van der Waals surface area contributed by atoms with Gasteiger partial charge in [-0.15, -0.1) is 0 Å². The molecule has 2 heteroatoms. The van der Waals surface area contributed by atoms with E-state index in [9.17, 15) is 0 Å². The first-order chi connectivity index (χ1) is 7.34. The summed E-state index contributed by atoms with van der Waals surface area (Å²) in [6.45, 7) is 9.96. The molecular weight excluding hydrogens is 262 g/mol. The van der Waals surface area contributed by atoms with E-state index in [0.717, 1.165) is 12.0 Å². The average Bonchev–Trinajstić information content (AvgIpc) is 2.19. The maximum absolute atomic E-state index is 3.48. The van der Waals surface area contributed by atoms with Crippen molar-refractivity contribution in [2.75, 3.05) is 12.5 Å². The third kappa shape index (κ3) is 3.60. The Morgan fingerprint density at radius 2 is 1.88 bits per heavy atom. The summed E-state index contributed by atoms with van der Waals surface area (Å²) in [5, 5.41) is 0. The van der Waals surface area contributed by atoms with Gasteiger partial charge in [-0.1, -0.05) is 54.9 Å². The molecule has 0 aliphatic rings.